The molecule has 0 unspecified atom stereocenters. The summed E-state index contributed by atoms with van der Waals surface area (Å²) in [5, 5.41) is 13.5. The fraction of sp³-hybridized carbons (Fsp3) is 0.364. The normalized spacial score (nSPS) is 10.6. The first-order valence-corrected chi connectivity index (χ1v) is 5.67. The van der Waals surface area contributed by atoms with Gasteiger partial charge in [0.25, 0.3) is 5.91 Å². The largest absolute Gasteiger partial charge is 0.382 e. The first kappa shape index (κ1) is 12.2. The number of amides is 1. The average molecular weight is 248 g/mol. The summed E-state index contributed by atoms with van der Waals surface area (Å²) in [5.41, 5.74) is 8.21. The third-order valence-corrected chi connectivity index (χ3v) is 2.69. The number of anilines is 2. The molecule has 0 aliphatic rings. The number of carbonyl (C=O) groups excluding carboxylic acids is 1. The highest BCUT2D eigenvalue weighted by molar-refractivity contribution is 6.08. The predicted octanol–water partition coefficient (Wildman–Crippen LogP) is 0.849. The number of aromatic amines is 1. The lowest BCUT2D eigenvalue weighted by Gasteiger charge is -2.04. The van der Waals surface area contributed by atoms with Gasteiger partial charge in [-0.05, 0) is 13.3 Å². The highest BCUT2D eigenvalue weighted by Gasteiger charge is 2.18. The fourth-order valence-corrected chi connectivity index (χ4v) is 1.82. The Morgan fingerprint density at radius 2 is 2.33 bits per heavy atom. The SMILES string of the molecule is CCc1nn(C)cc1NC(=O)c1c(N)n[nH]c1C. The van der Waals surface area contributed by atoms with Gasteiger partial charge in [0.15, 0.2) is 5.82 Å². The number of nitrogens with one attached hydrogen (secondary N) is 2. The minimum atomic E-state index is -0.276. The number of H-pyrrole nitrogens is 1. The summed E-state index contributed by atoms with van der Waals surface area (Å²) in [6.07, 6.45) is 2.51. The molecular formula is C11H16N6O. The fourth-order valence-electron chi connectivity index (χ4n) is 1.82. The van der Waals surface area contributed by atoms with E-state index in [2.05, 4.69) is 20.6 Å². The van der Waals surface area contributed by atoms with Crippen molar-refractivity contribution in [2.45, 2.75) is 20.3 Å². The van der Waals surface area contributed by atoms with Crippen molar-refractivity contribution in [2.75, 3.05) is 11.1 Å². The van der Waals surface area contributed by atoms with Crippen LogP contribution in [0.15, 0.2) is 6.20 Å². The van der Waals surface area contributed by atoms with E-state index >= 15 is 0 Å². The van der Waals surface area contributed by atoms with Crippen molar-refractivity contribution in [1.82, 2.24) is 20.0 Å². The van der Waals surface area contributed by atoms with Gasteiger partial charge in [-0.1, -0.05) is 6.92 Å². The van der Waals surface area contributed by atoms with Crippen molar-refractivity contribution in [3.63, 3.8) is 0 Å². The quantitative estimate of drug-likeness (QED) is 0.749. The summed E-state index contributed by atoms with van der Waals surface area (Å²) in [5.74, 6) is -0.0756. The number of aromatic nitrogens is 4. The molecular weight excluding hydrogens is 232 g/mol. The van der Waals surface area contributed by atoms with Gasteiger partial charge in [0, 0.05) is 18.9 Å². The molecule has 7 nitrogen and oxygen atoms in total. The zero-order chi connectivity index (χ0) is 13.3. The highest BCUT2D eigenvalue weighted by Crippen LogP contribution is 2.18. The highest BCUT2D eigenvalue weighted by atomic mass is 16.1. The molecule has 0 radical (unpaired) electrons. The summed E-state index contributed by atoms with van der Waals surface area (Å²) in [7, 11) is 1.81. The van der Waals surface area contributed by atoms with Crippen molar-refractivity contribution >= 4 is 17.4 Å². The standard InChI is InChI=1S/C11H16N6O/c1-4-7-8(5-17(3)16-7)13-11(18)9-6(2)14-15-10(9)12/h5H,4H2,1-3H3,(H,13,18)(H3,12,14,15). The lowest BCUT2D eigenvalue weighted by molar-refractivity contribution is 0.102. The van der Waals surface area contributed by atoms with Crippen LogP contribution in [0, 0.1) is 6.92 Å². The first-order chi connectivity index (χ1) is 8.52. The predicted molar refractivity (Wildman–Crippen MR) is 68.3 cm³/mol. The van der Waals surface area contributed by atoms with Crippen molar-refractivity contribution < 1.29 is 4.79 Å². The number of nitrogens with two attached hydrogens (primary N) is 1. The van der Waals surface area contributed by atoms with E-state index in [9.17, 15) is 4.79 Å². The minimum absolute atomic E-state index is 0.201. The molecule has 0 atom stereocenters. The van der Waals surface area contributed by atoms with Crippen LogP contribution in [0.1, 0.15) is 28.7 Å². The van der Waals surface area contributed by atoms with E-state index in [1.54, 1.807) is 17.8 Å². The Labute approximate surface area is 104 Å². The maximum atomic E-state index is 12.1. The Hall–Kier alpha value is -2.31. The number of carbonyl (C=O) groups is 1. The van der Waals surface area contributed by atoms with Crippen LogP contribution in [0.25, 0.3) is 0 Å². The van der Waals surface area contributed by atoms with Gasteiger partial charge in [0.2, 0.25) is 0 Å². The van der Waals surface area contributed by atoms with Gasteiger partial charge in [0.1, 0.15) is 5.56 Å². The maximum Gasteiger partial charge on any atom is 0.261 e. The third kappa shape index (κ3) is 2.06. The molecule has 2 rings (SSSR count). The molecule has 96 valence electrons. The second-order valence-electron chi connectivity index (χ2n) is 4.08. The van der Waals surface area contributed by atoms with E-state index in [1.807, 2.05) is 14.0 Å². The molecule has 4 N–H and O–H groups in total. The third-order valence-electron chi connectivity index (χ3n) is 2.69. The van der Waals surface area contributed by atoms with Crippen LogP contribution in [-0.2, 0) is 13.5 Å². The molecule has 2 heterocycles. The summed E-state index contributed by atoms with van der Waals surface area (Å²) < 4.78 is 1.67. The number of aryl methyl sites for hydroxylation is 3. The van der Waals surface area contributed by atoms with Gasteiger partial charge in [-0.25, -0.2) is 0 Å². The van der Waals surface area contributed by atoms with Gasteiger partial charge >= 0.3 is 0 Å². The van der Waals surface area contributed by atoms with Gasteiger partial charge < -0.3 is 11.1 Å². The lowest BCUT2D eigenvalue weighted by atomic mass is 10.2. The molecule has 7 heteroatoms. The van der Waals surface area contributed by atoms with Crippen LogP contribution >= 0.6 is 0 Å². The van der Waals surface area contributed by atoms with E-state index in [-0.39, 0.29) is 11.7 Å². The topological polar surface area (TPSA) is 102 Å². The van der Waals surface area contributed by atoms with Crippen LogP contribution in [0.5, 0.6) is 0 Å². The maximum absolute atomic E-state index is 12.1. The van der Waals surface area contributed by atoms with E-state index in [4.69, 9.17) is 5.73 Å². The van der Waals surface area contributed by atoms with Crippen molar-refractivity contribution in [3.05, 3.63) is 23.1 Å². The van der Waals surface area contributed by atoms with Gasteiger partial charge in [-0.3, -0.25) is 14.6 Å². The number of hydrogen-bond acceptors (Lipinski definition) is 4. The van der Waals surface area contributed by atoms with Crippen LogP contribution in [0.4, 0.5) is 11.5 Å². The van der Waals surface area contributed by atoms with E-state index < -0.39 is 0 Å². The van der Waals surface area contributed by atoms with E-state index in [1.165, 1.54) is 0 Å². The Balaban J connectivity index is 2.26. The molecule has 0 aromatic carbocycles. The van der Waals surface area contributed by atoms with E-state index in [0.717, 1.165) is 12.1 Å². The number of nitrogens with zero attached hydrogens (tertiary/aromatic N) is 3. The Kier molecular flexibility index (Phi) is 3.05. The van der Waals surface area contributed by atoms with Crippen molar-refractivity contribution in [3.8, 4) is 0 Å². The van der Waals surface area contributed by atoms with Crippen LogP contribution in [-0.4, -0.2) is 25.9 Å². The molecule has 0 aliphatic heterocycles. The second-order valence-corrected chi connectivity index (χ2v) is 4.08. The summed E-state index contributed by atoms with van der Waals surface area (Å²) in [4.78, 5) is 12.1. The number of hydrogen-bond donors (Lipinski definition) is 3. The summed E-state index contributed by atoms with van der Waals surface area (Å²) in [6.45, 7) is 3.73. The van der Waals surface area contributed by atoms with Crippen LogP contribution < -0.4 is 11.1 Å². The smallest absolute Gasteiger partial charge is 0.261 e. The Morgan fingerprint density at radius 1 is 1.61 bits per heavy atom. The monoisotopic (exact) mass is 248 g/mol. The molecule has 2 aromatic rings. The molecule has 0 fully saturated rings. The number of rotatable bonds is 3. The second kappa shape index (κ2) is 4.52. The minimum Gasteiger partial charge on any atom is -0.382 e. The zero-order valence-corrected chi connectivity index (χ0v) is 10.6. The molecule has 0 spiro atoms. The van der Waals surface area contributed by atoms with Crippen molar-refractivity contribution in [1.29, 1.82) is 0 Å². The Morgan fingerprint density at radius 3 is 2.89 bits per heavy atom. The van der Waals surface area contributed by atoms with Gasteiger partial charge in [0.05, 0.1) is 11.4 Å². The molecule has 0 saturated heterocycles. The zero-order valence-electron chi connectivity index (χ0n) is 10.6. The summed E-state index contributed by atoms with van der Waals surface area (Å²) in [6, 6.07) is 0. The van der Waals surface area contributed by atoms with Gasteiger partial charge in [-0.2, -0.15) is 10.2 Å². The van der Waals surface area contributed by atoms with Crippen molar-refractivity contribution in [2.24, 2.45) is 7.05 Å². The first-order valence-electron chi connectivity index (χ1n) is 5.67. The van der Waals surface area contributed by atoms with E-state index in [0.29, 0.717) is 16.9 Å². The van der Waals surface area contributed by atoms with Gasteiger partial charge in [-0.15, -0.1) is 0 Å². The molecule has 2 aromatic heterocycles. The molecule has 0 saturated carbocycles. The molecule has 18 heavy (non-hydrogen) atoms. The van der Waals surface area contributed by atoms with Crippen LogP contribution in [0.2, 0.25) is 0 Å². The molecule has 0 bridgehead atoms. The Bertz CT molecular complexity index is 563. The number of nitrogen functional groups attached to an aromatic ring is 1. The summed E-state index contributed by atoms with van der Waals surface area (Å²) >= 11 is 0. The lowest BCUT2D eigenvalue weighted by Crippen LogP contribution is -2.14. The molecule has 1 amide bonds. The van der Waals surface area contributed by atoms with Crippen LogP contribution in [0.3, 0.4) is 0 Å². The average Bonchev–Trinajstić information content (AvgIpc) is 2.82. The molecule has 0 aliphatic carbocycles.